The first-order chi connectivity index (χ1) is 16.5. The lowest BCUT2D eigenvalue weighted by Crippen LogP contribution is -2.31. The molecule has 0 saturated carbocycles. The highest BCUT2D eigenvalue weighted by molar-refractivity contribution is 5.94. The molecule has 34 heavy (non-hydrogen) atoms. The minimum Gasteiger partial charge on any atom is -0.497 e. The number of halogens is 1. The molecule has 4 rings (SSSR count). The molecule has 0 aromatic heterocycles. The predicted octanol–water partition coefficient (Wildman–Crippen LogP) is 5.47. The fourth-order valence-corrected chi connectivity index (χ4v) is 4.55. The highest BCUT2D eigenvalue weighted by atomic mass is 19.1. The normalized spacial score (nSPS) is 18.4. The van der Waals surface area contributed by atoms with Gasteiger partial charge in [-0.25, -0.2) is 9.82 Å². The van der Waals surface area contributed by atoms with Crippen LogP contribution in [0.25, 0.3) is 0 Å². The molecule has 3 aromatic rings. The van der Waals surface area contributed by atoms with Crippen molar-refractivity contribution in [2.75, 3.05) is 18.6 Å². The van der Waals surface area contributed by atoms with E-state index >= 15 is 0 Å². The number of nitrogens with one attached hydrogen (secondary N) is 1. The van der Waals surface area contributed by atoms with Crippen molar-refractivity contribution in [1.82, 2.24) is 5.43 Å². The highest BCUT2D eigenvalue weighted by Crippen LogP contribution is 2.50. The van der Waals surface area contributed by atoms with Crippen LogP contribution >= 0.6 is 0 Å². The van der Waals surface area contributed by atoms with Crippen molar-refractivity contribution in [2.45, 2.75) is 25.7 Å². The van der Waals surface area contributed by atoms with Gasteiger partial charge in [0, 0.05) is 35.1 Å². The number of anilines is 1. The largest absolute Gasteiger partial charge is 0.497 e. The van der Waals surface area contributed by atoms with Gasteiger partial charge in [0.25, 0.3) is 5.91 Å². The second-order valence-corrected chi connectivity index (χ2v) is 8.40. The van der Waals surface area contributed by atoms with E-state index in [1.54, 1.807) is 25.5 Å². The van der Waals surface area contributed by atoms with Crippen molar-refractivity contribution < 1.29 is 13.9 Å². The lowest BCUT2D eigenvalue weighted by Gasteiger charge is -2.30. The van der Waals surface area contributed by atoms with Crippen LogP contribution in [-0.2, 0) is 11.8 Å². The predicted molar refractivity (Wildman–Crippen MR) is 134 cm³/mol. The standard InChI is InChI=1S/C28H28FN3O2/c1-4-32-25-15-14-23(34-3)18-24(25)28(2,19-20-10-12-22(29)13-11-20)26(32)16-17-30-31-27(33)21-8-6-5-7-9-21/h5-18H,4,19H2,1-3H3,(H,31,33)/b26-16-,30-17+. The third kappa shape index (κ3) is 4.57. The third-order valence-corrected chi connectivity index (χ3v) is 6.24. The molecule has 1 heterocycles. The SMILES string of the molecule is CCN1/C(=C\C=N\NC(=O)c2ccccc2)C(C)(Cc2ccc(F)cc2)c2cc(OC)ccc21. The van der Waals surface area contributed by atoms with Crippen LogP contribution in [0.15, 0.2) is 89.7 Å². The zero-order valence-corrected chi connectivity index (χ0v) is 19.6. The van der Waals surface area contributed by atoms with E-state index in [0.29, 0.717) is 12.0 Å². The first kappa shape index (κ1) is 23.2. The molecule has 0 fully saturated rings. The molecule has 0 saturated heterocycles. The number of hydrogen-bond donors (Lipinski definition) is 1. The van der Waals surface area contributed by atoms with Gasteiger partial charge in [-0.1, -0.05) is 30.3 Å². The molecule has 0 aliphatic carbocycles. The molecule has 1 unspecified atom stereocenters. The minimum absolute atomic E-state index is 0.255. The van der Waals surface area contributed by atoms with Crippen LogP contribution in [0.1, 0.15) is 35.3 Å². The molecule has 0 bridgehead atoms. The van der Waals surface area contributed by atoms with E-state index in [0.717, 1.165) is 34.8 Å². The number of allylic oxidation sites excluding steroid dienone is 2. The number of nitrogens with zero attached hydrogens (tertiary/aromatic N) is 2. The minimum atomic E-state index is -0.410. The van der Waals surface area contributed by atoms with Crippen molar-refractivity contribution >= 4 is 17.8 Å². The van der Waals surface area contributed by atoms with Crippen LogP contribution < -0.4 is 15.1 Å². The van der Waals surface area contributed by atoms with Gasteiger partial charge in [0.1, 0.15) is 11.6 Å². The average molecular weight is 458 g/mol. The molecule has 0 radical (unpaired) electrons. The van der Waals surface area contributed by atoms with E-state index in [1.165, 1.54) is 12.1 Å². The first-order valence-electron chi connectivity index (χ1n) is 11.3. The van der Waals surface area contributed by atoms with Crippen molar-refractivity contribution in [2.24, 2.45) is 5.10 Å². The van der Waals surface area contributed by atoms with Crippen LogP contribution in [-0.4, -0.2) is 25.8 Å². The Morgan fingerprint density at radius 2 is 1.85 bits per heavy atom. The Bertz CT molecular complexity index is 1220. The van der Waals surface area contributed by atoms with Crippen molar-refractivity contribution in [3.05, 3.63) is 107 Å². The van der Waals surface area contributed by atoms with Crippen LogP contribution in [0.3, 0.4) is 0 Å². The van der Waals surface area contributed by atoms with E-state index in [2.05, 4.69) is 41.4 Å². The number of carbonyl (C=O) groups excluding carboxylic acids is 1. The Balaban J connectivity index is 1.69. The summed E-state index contributed by atoms with van der Waals surface area (Å²) in [5.74, 6) is 0.260. The molecule has 1 aliphatic heterocycles. The maximum absolute atomic E-state index is 13.5. The summed E-state index contributed by atoms with van der Waals surface area (Å²) in [6.07, 6.45) is 4.22. The summed E-state index contributed by atoms with van der Waals surface area (Å²) < 4.78 is 19.0. The maximum atomic E-state index is 13.5. The summed E-state index contributed by atoms with van der Waals surface area (Å²) >= 11 is 0. The van der Waals surface area contributed by atoms with E-state index in [-0.39, 0.29) is 11.7 Å². The first-order valence-corrected chi connectivity index (χ1v) is 11.3. The Morgan fingerprint density at radius 3 is 2.53 bits per heavy atom. The number of likely N-dealkylation sites (N-methyl/N-ethyl adjacent to an activating group) is 1. The molecular weight excluding hydrogens is 429 g/mol. The summed E-state index contributed by atoms with van der Waals surface area (Å²) in [4.78, 5) is 14.5. The second-order valence-electron chi connectivity index (χ2n) is 8.40. The molecular formula is C28H28FN3O2. The van der Waals surface area contributed by atoms with Crippen LogP contribution in [0.5, 0.6) is 5.75 Å². The monoisotopic (exact) mass is 457 g/mol. The molecule has 1 amide bonds. The van der Waals surface area contributed by atoms with Crippen molar-refractivity contribution in [3.8, 4) is 5.75 Å². The second kappa shape index (κ2) is 9.91. The van der Waals surface area contributed by atoms with Gasteiger partial charge in [-0.05, 0) is 79.9 Å². The number of ether oxygens (including phenoxy) is 1. The molecule has 1 aliphatic rings. The lowest BCUT2D eigenvalue weighted by atomic mass is 9.76. The third-order valence-electron chi connectivity index (χ3n) is 6.24. The Hall–Kier alpha value is -3.93. The van der Waals surface area contributed by atoms with E-state index in [9.17, 15) is 9.18 Å². The van der Waals surface area contributed by atoms with Crippen LogP contribution in [0, 0.1) is 5.82 Å². The summed E-state index contributed by atoms with van der Waals surface area (Å²) in [5.41, 5.74) is 7.01. The summed E-state index contributed by atoms with van der Waals surface area (Å²) in [7, 11) is 1.66. The Labute approximate surface area is 199 Å². The number of hydrazone groups is 1. The quantitative estimate of drug-likeness (QED) is 0.378. The molecule has 3 aromatic carbocycles. The molecule has 6 heteroatoms. The van der Waals surface area contributed by atoms with Gasteiger partial charge in [0.15, 0.2) is 0 Å². The van der Waals surface area contributed by atoms with Gasteiger partial charge >= 0.3 is 0 Å². The van der Waals surface area contributed by atoms with Gasteiger partial charge in [-0.3, -0.25) is 4.79 Å². The molecule has 174 valence electrons. The molecule has 0 spiro atoms. The van der Waals surface area contributed by atoms with Crippen LogP contribution in [0.2, 0.25) is 0 Å². The van der Waals surface area contributed by atoms with Gasteiger partial charge in [-0.15, -0.1) is 0 Å². The smallest absolute Gasteiger partial charge is 0.271 e. The van der Waals surface area contributed by atoms with Crippen molar-refractivity contribution in [1.29, 1.82) is 0 Å². The van der Waals surface area contributed by atoms with Gasteiger partial charge < -0.3 is 9.64 Å². The zero-order chi connectivity index (χ0) is 24.1. The van der Waals surface area contributed by atoms with Gasteiger partial charge in [0.05, 0.1) is 7.11 Å². The van der Waals surface area contributed by atoms with Crippen LogP contribution in [0.4, 0.5) is 10.1 Å². The summed E-state index contributed by atoms with van der Waals surface area (Å²) in [6, 6.07) is 21.7. The number of methoxy groups -OCH3 is 1. The topological polar surface area (TPSA) is 53.9 Å². The number of rotatable bonds is 7. The number of carbonyl (C=O) groups is 1. The number of benzene rings is 3. The highest BCUT2D eigenvalue weighted by Gasteiger charge is 2.43. The lowest BCUT2D eigenvalue weighted by molar-refractivity contribution is 0.0955. The Morgan fingerprint density at radius 1 is 1.12 bits per heavy atom. The van der Waals surface area contributed by atoms with E-state index in [1.807, 2.05) is 42.5 Å². The van der Waals surface area contributed by atoms with E-state index in [4.69, 9.17) is 4.74 Å². The van der Waals surface area contributed by atoms with E-state index < -0.39 is 5.41 Å². The maximum Gasteiger partial charge on any atom is 0.271 e. The Kier molecular flexibility index (Phi) is 6.77. The molecule has 1 atom stereocenters. The van der Waals surface area contributed by atoms with Crippen molar-refractivity contribution in [3.63, 3.8) is 0 Å². The fourth-order valence-electron chi connectivity index (χ4n) is 4.55. The van der Waals surface area contributed by atoms with Gasteiger partial charge in [-0.2, -0.15) is 5.10 Å². The summed E-state index contributed by atoms with van der Waals surface area (Å²) in [5, 5.41) is 4.16. The zero-order valence-electron chi connectivity index (χ0n) is 19.6. The average Bonchev–Trinajstić information content (AvgIpc) is 3.10. The summed E-state index contributed by atoms with van der Waals surface area (Å²) in [6.45, 7) is 5.03. The fraction of sp³-hybridized carbons (Fsp3) is 0.214. The number of hydrogen-bond acceptors (Lipinski definition) is 4. The van der Waals surface area contributed by atoms with Gasteiger partial charge in [0.2, 0.25) is 0 Å². The number of amides is 1. The molecule has 1 N–H and O–H groups in total. The molecule has 5 nitrogen and oxygen atoms in total. The number of fused-ring (bicyclic) bond motifs is 1.